The molecular weight excluding hydrogens is 326 g/mol. The van der Waals surface area contributed by atoms with Gasteiger partial charge < -0.3 is 16.4 Å². The fourth-order valence-electron chi connectivity index (χ4n) is 2.37. The standard InChI is InChI=1S/C18H20ClN3O2/c1-11(13-3-7-15(19)8-4-13)21-12(2)18(24)22-16-9-5-14(6-10-16)17(20)23/h3-12,21H,1-2H3,(H2,20,23)(H,22,24)/p+1/t11-,12+/m0/s1. The average molecular weight is 347 g/mol. The monoisotopic (exact) mass is 346 g/mol. The van der Waals surface area contributed by atoms with E-state index in [-0.39, 0.29) is 18.0 Å². The lowest BCUT2D eigenvalue weighted by Gasteiger charge is -2.17. The molecule has 0 bridgehead atoms. The van der Waals surface area contributed by atoms with Crippen LogP contribution < -0.4 is 16.4 Å². The van der Waals surface area contributed by atoms with Crippen LogP contribution in [0.2, 0.25) is 5.02 Å². The largest absolute Gasteiger partial charge is 0.366 e. The Morgan fingerprint density at radius 2 is 1.62 bits per heavy atom. The summed E-state index contributed by atoms with van der Waals surface area (Å²) in [6.07, 6.45) is 0. The number of hydrogen-bond donors (Lipinski definition) is 3. The molecule has 6 heteroatoms. The van der Waals surface area contributed by atoms with Crippen LogP contribution in [0.15, 0.2) is 48.5 Å². The topological polar surface area (TPSA) is 88.8 Å². The first-order valence-electron chi connectivity index (χ1n) is 7.68. The molecule has 0 radical (unpaired) electrons. The SMILES string of the molecule is C[C@H]([NH2+][C@H](C)C(=O)Nc1ccc(C(N)=O)cc1)c1ccc(Cl)cc1. The molecule has 2 aromatic carbocycles. The molecule has 0 aromatic heterocycles. The van der Waals surface area contributed by atoms with Crippen LogP contribution in [0, 0.1) is 0 Å². The molecule has 0 aliphatic carbocycles. The van der Waals surface area contributed by atoms with Crippen LogP contribution in [-0.2, 0) is 4.79 Å². The second-order valence-electron chi connectivity index (χ2n) is 5.75. The molecule has 2 amide bonds. The zero-order valence-electron chi connectivity index (χ0n) is 13.6. The Labute approximate surface area is 146 Å². The zero-order chi connectivity index (χ0) is 17.7. The van der Waals surface area contributed by atoms with Gasteiger partial charge in [0, 0.05) is 21.8 Å². The molecule has 0 aliphatic rings. The van der Waals surface area contributed by atoms with Crippen molar-refractivity contribution < 1.29 is 14.9 Å². The van der Waals surface area contributed by atoms with E-state index in [1.165, 1.54) is 0 Å². The minimum absolute atomic E-state index is 0.109. The van der Waals surface area contributed by atoms with Crippen molar-refractivity contribution in [2.75, 3.05) is 5.32 Å². The second kappa shape index (κ2) is 7.95. The predicted molar refractivity (Wildman–Crippen MR) is 94.8 cm³/mol. The Bertz CT molecular complexity index is 714. The van der Waals surface area contributed by atoms with Crippen molar-refractivity contribution in [2.24, 2.45) is 5.73 Å². The summed E-state index contributed by atoms with van der Waals surface area (Å²) in [5.41, 5.74) is 7.33. The highest BCUT2D eigenvalue weighted by Crippen LogP contribution is 2.14. The highest BCUT2D eigenvalue weighted by molar-refractivity contribution is 6.30. The lowest BCUT2D eigenvalue weighted by Crippen LogP contribution is -2.91. The van der Waals surface area contributed by atoms with E-state index in [1.54, 1.807) is 24.3 Å². The predicted octanol–water partition coefficient (Wildman–Crippen LogP) is 2.09. The molecule has 2 atom stereocenters. The molecule has 5 nitrogen and oxygen atoms in total. The molecule has 2 aromatic rings. The first-order valence-corrected chi connectivity index (χ1v) is 8.06. The summed E-state index contributed by atoms with van der Waals surface area (Å²) in [6, 6.07) is 13.9. The van der Waals surface area contributed by atoms with E-state index in [4.69, 9.17) is 17.3 Å². The molecule has 0 saturated heterocycles. The molecular formula is C18H21ClN3O2+. The number of nitrogens with two attached hydrogens (primary N) is 2. The number of quaternary nitrogens is 1. The van der Waals surface area contributed by atoms with Crippen molar-refractivity contribution >= 4 is 29.1 Å². The summed E-state index contributed by atoms with van der Waals surface area (Å²) in [5, 5.41) is 5.50. The molecule has 0 fully saturated rings. The molecule has 0 unspecified atom stereocenters. The number of hydrogen-bond acceptors (Lipinski definition) is 2. The Morgan fingerprint density at radius 1 is 1.04 bits per heavy atom. The third-order valence-electron chi connectivity index (χ3n) is 3.82. The fourth-order valence-corrected chi connectivity index (χ4v) is 2.50. The second-order valence-corrected chi connectivity index (χ2v) is 6.19. The van der Waals surface area contributed by atoms with E-state index in [9.17, 15) is 9.59 Å². The molecule has 126 valence electrons. The van der Waals surface area contributed by atoms with Crippen LogP contribution in [0.1, 0.15) is 35.8 Å². The lowest BCUT2D eigenvalue weighted by atomic mass is 10.1. The highest BCUT2D eigenvalue weighted by atomic mass is 35.5. The quantitative estimate of drug-likeness (QED) is 0.747. The van der Waals surface area contributed by atoms with Gasteiger partial charge >= 0.3 is 0 Å². The maximum absolute atomic E-state index is 12.3. The summed E-state index contributed by atoms with van der Waals surface area (Å²) < 4.78 is 0. The van der Waals surface area contributed by atoms with Crippen LogP contribution in [0.5, 0.6) is 0 Å². The Hall–Kier alpha value is -2.37. The first-order chi connectivity index (χ1) is 11.4. The first kappa shape index (κ1) is 18.0. The van der Waals surface area contributed by atoms with E-state index in [0.717, 1.165) is 5.56 Å². The summed E-state index contributed by atoms with van der Waals surface area (Å²) in [4.78, 5) is 23.3. The van der Waals surface area contributed by atoms with Gasteiger partial charge in [-0.1, -0.05) is 23.7 Å². The molecule has 2 rings (SSSR count). The highest BCUT2D eigenvalue weighted by Gasteiger charge is 2.20. The fraction of sp³-hybridized carbons (Fsp3) is 0.222. The van der Waals surface area contributed by atoms with E-state index in [1.807, 2.05) is 43.4 Å². The number of benzene rings is 2. The maximum atomic E-state index is 12.3. The molecule has 0 aliphatic heterocycles. The number of nitrogens with one attached hydrogen (secondary N) is 1. The summed E-state index contributed by atoms with van der Waals surface area (Å²) >= 11 is 5.89. The summed E-state index contributed by atoms with van der Waals surface area (Å²) in [6.45, 7) is 3.88. The number of carbonyl (C=O) groups excluding carboxylic acids is 2. The van der Waals surface area contributed by atoms with Crippen molar-refractivity contribution in [1.29, 1.82) is 0 Å². The zero-order valence-corrected chi connectivity index (χ0v) is 14.4. The van der Waals surface area contributed by atoms with E-state index in [2.05, 4.69) is 5.32 Å². The third kappa shape index (κ3) is 4.81. The van der Waals surface area contributed by atoms with Gasteiger partial charge in [0.2, 0.25) is 5.91 Å². The van der Waals surface area contributed by atoms with Crippen LogP contribution in [0.4, 0.5) is 5.69 Å². The molecule has 0 heterocycles. The third-order valence-corrected chi connectivity index (χ3v) is 4.08. The van der Waals surface area contributed by atoms with Crippen LogP contribution in [0.25, 0.3) is 0 Å². The van der Waals surface area contributed by atoms with Gasteiger partial charge in [-0.2, -0.15) is 0 Å². The van der Waals surface area contributed by atoms with Gasteiger partial charge in [-0.25, -0.2) is 0 Å². The van der Waals surface area contributed by atoms with Crippen molar-refractivity contribution in [3.05, 3.63) is 64.7 Å². The summed E-state index contributed by atoms with van der Waals surface area (Å²) in [5.74, 6) is -0.603. The molecule has 5 N–H and O–H groups in total. The van der Waals surface area contributed by atoms with Gasteiger partial charge in [-0.15, -0.1) is 0 Å². The number of rotatable bonds is 6. The Balaban J connectivity index is 1.93. The number of halogens is 1. The van der Waals surface area contributed by atoms with Gasteiger partial charge in [-0.05, 0) is 50.2 Å². The van der Waals surface area contributed by atoms with Crippen molar-refractivity contribution in [3.63, 3.8) is 0 Å². The summed E-state index contributed by atoms with van der Waals surface area (Å²) in [7, 11) is 0. The van der Waals surface area contributed by atoms with Crippen molar-refractivity contribution in [1.82, 2.24) is 0 Å². The molecule has 24 heavy (non-hydrogen) atoms. The van der Waals surface area contributed by atoms with Gasteiger partial charge in [0.25, 0.3) is 5.91 Å². The normalized spacial score (nSPS) is 13.1. The van der Waals surface area contributed by atoms with Crippen LogP contribution >= 0.6 is 11.6 Å². The smallest absolute Gasteiger partial charge is 0.282 e. The van der Waals surface area contributed by atoms with Gasteiger partial charge in [-0.3, -0.25) is 9.59 Å². The number of anilines is 1. The van der Waals surface area contributed by atoms with E-state index in [0.29, 0.717) is 16.3 Å². The molecule has 0 spiro atoms. The van der Waals surface area contributed by atoms with Crippen LogP contribution in [-0.4, -0.2) is 17.9 Å². The number of amides is 2. The minimum atomic E-state index is -0.494. The van der Waals surface area contributed by atoms with E-state index >= 15 is 0 Å². The maximum Gasteiger partial charge on any atom is 0.282 e. The Morgan fingerprint density at radius 3 is 2.17 bits per heavy atom. The lowest BCUT2D eigenvalue weighted by molar-refractivity contribution is -0.709. The van der Waals surface area contributed by atoms with Crippen LogP contribution in [0.3, 0.4) is 0 Å². The van der Waals surface area contributed by atoms with Gasteiger partial charge in [0.1, 0.15) is 6.04 Å². The number of carbonyl (C=O) groups is 2. The van der Waals surface area contributed by atoms with Crippen molar-refractivity contribution in [3.8, 4) is 0 Å². The number of primary amides is 1. The van der Waals surface area contributed by atoms with Gasteiger partial charge in [0.05, 0.1) is 0 Å². The average Bonchev–Trinajstić information content (AvgIpc) is 2.55. The van der Waals surface area contributed by atoms with Crippen molar-refractivity contribution in [2.45, 2.75) is 25.9 Å². The molecule has 0 saturated carbocycles. The van der Waals surface area contributed by atoms with E-state index < -0.39 is 5.91 Å². The van der Waals surface area contributed by atoms with Gasteiger partial charge in [0.15, 0.2) is 6.04 Å². The Kier molecular flexibility index (Phi) is 5.95. The minimum Gasteiger partial charge on any atom is -0.366 e.